The predicted octanol–water partition coefficient (Wildman–Crippen LogP) is 15.8. The third-order valence-corrected chi connectivity index (χ3v) is 12.9. The fraction of sp³-hybridized carbons (Fsp3) is 0.250. The van der Waals surface area contributed by atoms with Crippen LogP contribution in [0.5, 0.6) is 0 Å². The van der Waals surface area contributed by atoms with Crippen molar-refractivity contribution in [3.63, 3.8) is 0 Å². The Balaban J connectivity index is 1.25. The number of nitrogens with zero attached hydrogens (tertiary/aromatic N) is 1. The van der Waals surface area contributed by atoms with E-state index in [2.05, 4.69) is 229 Å². The average molecular weight is 759 g/mol. The van der Waals surface area contributed by atoms with Gasteiger partial charge >= 0.3 is 0 Å². The zero-order chi connectivity index (χ0) is 40.5. The minimum Gasteiger partial charge on any atom is -0.361 e. The summed E-state index contributed by atoms with van der Waals surface area (Å²) < 4.78 is 0. The van der Waals surface area contributed by atoms with Gasteiger partial charge in [-0.2, -0.15) is 0 Å². The molecule has 0 radical (unpaired) electrons. The summed E-state index contributed by atoms with van der Waals surface area (Å²) >= 11 is 0. The van der Waals surface area contributed by atoms with Gasteiger partial charge in [-0.05, 0) is 130 Å². The van der Waals surface area contributed by atoms with Crippen molar-refractivity contribution in [2.24, 2.45) is 5.41 Å². The molecule has 3 aliphatic rings. The lowest BCUT2D eigenvalue weighted by atomic mass is 9.68. The Bertz CT molecular complexity index is 2560. The van der Waals surface area contributed by atoms with Gasteiger partial charge in [-0.15, -0.1) is 0 Å². The summed E-state index contributed by atoms with van der Waals surface area (Å²) in [7, 11) is 0. The van der Waals surface area contributed by atoms with Gasteiger partial charge < -0.3 is 10.2 Å². The lowest BCUT2D eigenvalue weighted by Gasteiger charge is -2.37. The molecule has 0 saturated carbocycles. The van der Waals surface area contributed by atoms with Gasteiger partial charge in [0, 0.05) is 39.8 Å². The first-order chi connectivity index (χ1) is 28.0. The molecule has 5 aromatic rings. The van der Waals surface area contributed by atoms with E-state index in [1.807, 2.05) is 0 Å². The molecule has 1 N–H and O–H groups in total. The van der Waals surface area contributed by atoms with E-state index in [1.165, 1.54) is 55.3 Å². The summed E-state index contributed by atoms with van der Waals surface area (Å²) in [5, 5.41) is 6.26. The summed E-state index contributed by atoms with van der Waals surface area (Å²) in [5.41, 5.74) is 14.6. The molecule has 0 fully saturated rings. The van der Waals surface area contributed by atoms with Gasteiger partial charge in [0.05, 0.1) is 0 Å². The number of allylic oxidation sites excluding steroid dienone is 12. The van der Waals surface area contributed by atoms with E-state index in [9.17, 15) is 0 Å². The first kappa shape index (κ1) is 39.0. The third kappa shape index (κ3) is 7.49. The highest BCUT2D eigenvalue weighted by Crippen LogP contribution is 2.47. The SMILES string of the molecule is C/C=C(\C=C1/CC/C=C\C/C=C\CC1(C)C)c1ccc(N(c2ccc3c(c2)C(C)(C)c2cccc4c2/C=C\C=C/C(=CN3)C4(C)C)c2ccc3ccccc3c2)cc1. The molecule has 5 aromatic carbocycles. The van der Waals surface area contributed by atoms with Crippen LogP contribution in [0.4, 0.5) is 22.7 Å². The molecule has 8 rings (SSSR count). The maximum atomic E-state index is 3.81. The number of hydrogen-bond acceptors (Lipinski definition) is 2. The molecule has 0 saturated heterocycles. The highest BCUT2D eigenvalue weighted by molar-refractivity contribution is 5.90. The lowest BCUT2D eigenvalue weighted by Crippen LogP contribution is -2.28. The summed E-state index contributed by atoms with van der Waals surface area (Å²) in [4.78, 5) is 2.43. The maximum absolute atomic E-state index is 3.81. The Kier molecular flexibility index (Phi) is 10.6. The summed E-state index contributed by atoms with van der Waals surface area (Å²) in [6.07, 6.45) is 29.4. The fourth-order valence-electron chi connectivity index (χ4n) is 9.18. The average Bonchev–Trinajstić information content (AvgIpc) is 3.22. The van der Waals surface area contributed by atoms with E-state index < -0.39 is 0 Å². The summed E-state index contributed by atoms with van der Waals surface area (Å²) in [6, 6.07) is 38.6. The van der Waals surface area contributed by atoms with Crippen LogP contribution in [0, 0.1) is 5.41 Å². The van der Waals surface area contributed by atoms with Crippen LogP contribution in [0.1, 0.15) is 102 Å². The van der Waals surface area contributed by atoms with E-state index in [0.717, 1.165) is 48.4 Å². The van der Waals surface area contributed by atoms with Crippen LogP contribution < -0.4 is 10.2 Å². The van der Waals surface area contributed by atoms with Gasteiger partial charge in [0.25, 0.3) is 0 Å². The topological polar surface area (TPSA) is 15.3 Å². The molecule has 0 aromatic heterocycles. The van der Waals surface area contributed by atoms with Crippen LogP contribution >= 0.6 is 0 Å². The first-order valence-electron chi connectivity index (χ1n) is 21.1. The Morgan fingerprint density at radius 3 is 2.12 bits per heavy atom. The van der Waals surface area contributed by atoms with Crippen molar-refractivity contribution in [3.8, 4) is 0 Å². The number of fused-ring (bicyclic) bond motifs is 3. The van der Waals surface area contributed by atoms with Gasteiger partial charge in [0.15, 0.2) is 0 Å². The van der Waals surface area contributed by atoms with Crippen molar-refractivity contribution >= 4 is 45.2 Å². The molecule has 4 bridgehead atoms. The second-order valence-electron chi connectivity index (χ2n) is 17.8. The van der Waals surface area contributed by atoms with Crippen molar-refractivity contribution < 1.29 is 0 Å². The van der Waals surface area contributed by atoms with E-state index in [-0.39, 0.29) is 16.2 Å². The van der Waals surface area contributed by atoms with Crippen molar-refractivity contribution in [2.45, 2.75) is 85.0 Å². The molecule has 2 nitrogen and oxygen atoms in total. The Labute approximate surface area is 347 Å². The van der Waals surface area contributed by atoms with Gasteiger partial charge in [-0.25, -0.2) is 0 Å². The number of nitrogens with one attached hydrogen (secondary N) is 1. The summed E-state index contributed by atoms with van der Waals surface area (Å²) in [6.45, 7) is 16.4. The summed E-state index contributed by atoms with van der Waals surface area (Å²) in [5.74, 6) is 0. The minimum absolute atomic E-state index is 0.0908. The first-order valence-corrected chi connectivity index (χ1v) is 21.1. The van der Waals surface area contributed by atoms with Gasteiger partial charge in [0.1, 0.15) is 0 Å². The van der Waals surface area contributed by atoms with Crippen LogP contribution in [-0.2, 0) is 10.8 Å². The second kappa shape index (κ2) is 15.8. The van der Waals surface area contributed by atoms with Crippen LogP contribution in [0.2, 0.25) is 0 Å². The van der Waals surface area contributed by atoms with Crippen molar-refractivity contribution in [1.29, 1.82) is 0 Å². The van der Waals surface area contributed by atoms with Gasteiger partial charge in [0.2, 0.25) is 0 Å². The number of hydrogen-bond donors (Lipinski definition) is 1. The van der Waals surface area contributed by atoms with Gasteiger partial charge in [-0.3, -0.25) is 0 Å². The molecule has 2 heteroatoms. The van der Waals surface area contributed by atoms with E-state index in [0.29, 0.717) is 0 Å². The predicted molar refractivity (Wildman–Crippen MR) is 252 cm³/mol. The van der Waals surface area contributed by atoms with Crippen LogP contribution in [-0.4, -0.2) is 0 Å². The van der Waals surface area contributed by atoms with E-state index in [4.69, 9.17) is 0 Å². The van der Waals surface area contributed by atoms with Crippen LogP contribution in [0.25, 0.3) is 22.4 Å². The molecule has 2 aliphatic carbocycles. The van der Waals surface area contributed by atoms with Crippen molar-refractivity contribution in [3.05, 3.63) is 203 Å². The third-order valence-electron chi connectivity index (χ3n) is 12.9. The number of benzene rings is 5. The standard InChI is InChI=1S/C56H58N2/c1-8-40(36-44-22-13-11-9-10-12-18-35-54(44,2)3)42-27-30-46(31-28-42)58(47-32-29-41-20-14-15-21-43(41)37-47)48-33-34-53-52(38-48)56(6,7)51-26-19-25-50-49(51)24-17-16-23-45(39-57-53)55(50,4)5/h8-9,11-12,14-21,23-34,36-39,57H,10,13,22,35H2,1-7H3/b11-9-,18-12-,23-16-,24-17-,40-8+,44-36+,45-39?. The molecule has 0 spiro atoms. The number of rotatable bonds is 5. The molecule has 0 atom stereocenters. The van der Waals surface area contributed by atoms with Crippen molar-refractivity contribution in [2.75, 3.05) is 10.2 Å². The van der Waals surface area contributed by atoms with Crippen LogP contribution in [0.3, 0.4) is 0 Å². The largest absolute Gasteiger partial charge is 0.361 e. The van der Waals surface area contributed by atoms with Gasteiger partial charge in [-0.1, -0.05) is 169 Å². The molecule has 0 unspecified atom stereocenters. The minimum atomic E-state index is -0.319. The maximum Gasteiger partial charge on any atom is 0.0468 e. The smallest absolute Gasteiger partial charge is 0.0468 e. The highest BCUT2D eigenvalue weighted by Gasteiger charge is 2.35. The van der Waals surface area contributed by atoms with Crippen LogP contribution in [0.15, 0.2) is 175 Å². The van der Waals surface area contributed by atoms with Crippen molar-refractivity contribution in [1.82, 2.24) is 0 Å². The fourth-order valence-corrected chi connectivity index (χ4v) is 9.18. The molecule has 292 valence electrons. The quantitative estimate of drug-likeness (QED) is 0.180. The second-order valence-corrected chi connectivity index (χ2v) is 17.8. The number of anilines is 4. The zero-order valence-corrected chi connectivity index (χ0v) is 35.4. The molecule has 58 heavy (non-hydrogen) atoms. The molecular weight excluding hydrogens is 701 g/mol. The molecular formula is C56H58N2. The Morgan fingerprint density at radius 1 is 0.638 bits per heavy atom. The Hall–Kier alpha value is -5.86. The molecule has 1 heterocycles. The van der Waals surface area contributed by atoms with E-state index >= 15 is 0 Å². The monoisotopic (exact) mass is 758 g/mol. The zero-order valence-electron chi connectivity index (χ0n) is 35.4. The molecule has 1 aliphatic heterocycles. The normalized spacial score (nSPS) is 21.1. The lowest BCUT2D eigenvalue weighted by molar-refractivity contribution is 0.436. The molecule has 0 amide bonds. The highest BCUT2D eigenvalue weighted by atomic mass is 15.1. The van der Waals surface area contributed by atoms with E-state index in [1.54, 1.807) is 0 Å². The Morgan fingerprint density at radius 2 is 1.33 bits per heavy atom.